The van der Waals surface area contributed by atoms with Gasteiger partial charge in [-0.05, 0) is 37.9 Å². The third-order valence-corrected chi connectivity index (χ3v) is 2.85. The van der Waals surface area contributed by atoms with E-state index in [2.05, 4.69) is 43.2 Å². The van der Waals surface area contributed by atoms with Gasteiger partial charge in [0.05, 0.1) is 18.4 Å². The summed E-state index contributed by atoms with van der Waals surface area (Å²) in [4.78, 5) is 4.42. The zero-order valence-corrected chi connectivity index (χ0v) is 11.9. The van der Waals surface area contributed by atoms with E-state index >= 15 is 0 Å². The fourth-order valence-corrected chi connectivity index (χ4v) is 1.77. The molecule has 0 saturated heterocycles. The number of aromatic nitrogens is 1. The first-order valence-electron chi connectivity index (χ1n) is 7.02. The van der Waals surface area contributed by atoms with Crippen LogP contribution in [0.25, 0.3) is 0 Å². The molecule has 1 heterocycles. The topological polar surface area (TPSA) is 34.1 Å². The lowest BCUT2D eigenvalue weighted by Crippen LogP contribution is -2.14. The Kier molecular flexibility index (Phi) is 7.62. The number of nitrogens with zero attached hydrogens (tertiary/aromatic N) is 1. The molecule has 0 aromatic carbocycles. The highest BCUT2D eigenvalue weighted by Crippen LogP contribution is 2.06. The maximum Gasteiger partial charge on any atom is 0.0891 e. The van der Waals surface area contributed by atoms with Crippen molar-refractivity contribution >= 4 is 0 Å². The molecule has 1 rings (SSSR count). The van der Waals surface area contributed by atoms with Crippen molar-refractivity contribution < 1.29 is 4.74 Å². The summed E-state index contributed by atoms with van der Waals surface area (Å²) in [5.41, 5.74) is 2.24. The van der Waals surface area contributed by atoms with E-state index in [0.717, 1.165) is 38.0 Å². The van der Waals surface area contributed by atoms with E-state index in [1.807, 2.05) is 6.20 Å². The van der Waals surface area contributed by atoms with Crippen molar-refractivity contribution in [3.8, 4) is 0 Å². The summed E-state index contributed by atoms with van der Waals surface area (Å²) >= 11 is 0. The van der Waals surface area contributed by atoms with Crippen LogP contribution in [0.4, 0.5) is 0 Å². The molecule has 102 valence electrons. The Bertz CT molecular complexity index is 311. The van der Waals surface area contributed by atoms with Crippen molar-refractivity contribution in [2.75, 3.05) is 6.54 Å². The molecule has 3 heteroatoms. The summed E-state index contributed by atoms with van der Waals surface area (Å²) in [7, 11) is 0. The summed E-state index contributed by atoms with van der Waals surface area (Å²) in [6.07, 6.45) is 5.69. The molecule has 0 aliphatic rings. The third-order valence-electron chi connectivity index (χ3n) is 2.85. The van der Waals surface area contributed by atoms with Crippen LogP contribution >= 0.6 is 0 Å². The van der Waals surface area contributed by atoms with Crippen LogP contribution in [0.15, 0.2) is 18.3 Å². The first-order valence-corrected chi connectivity index (χ1v) is 7.02. The Balaban J connectivity index is 2.31. The van der Waals surface area contributed by atoms with Crippen LogP contribution in [0.3, 0.4) is 0 Å². The summed E-state index contributed by atoms with van der Waals surface area (Å²) in [5.74, 6) is 0. The second-order valence-electron chi connectivity index (χ2n) is 4.74. The van der Waals surface area contributed by atoms with Crippen molar-refractivity contribution in [1.29, 1.82) is 0 Å². The quantitative estimate of drug-likeness (QED) is 0.683. The monoisotopic (exact) mass is 250 g/mol. The molecule has 1 aromatic rings. The maximum atomic E-state index is 5.73. The Labute approximate surface area is 111 Å². The Morgan fingerprint density at radius 2 is 2.11 bits per heavy atom. The fraction of sp³-hybridized carbons (Fsp3) is 0.667. The third kappa shape index (κ3) is 6.12. The smallest absolute Gasteiger partial charge is 0.0891 e. The molecular weight excluding hydrogens is 224 g/mol. The van der Waals surface area contributed by atoms with Crippen LogP contribution in [0, 0.1) is 0 Å². The molecule has 3 nitrogen and oxygen atoms in total. The minimum atomic E-state index is 0.322. The second kappa shape index (κ2) is 9.06. The predicted octanol–water partition coefficient (Wildman–Crippen LogP) is 3.29. The van der Waals surface area contributed by atoms with Gasteiger partial charge in [0.25, 0.3) is 0 Å². The van der Waals surface area contributed by atoms with E-state index < -0.39 is 0 Å². The van der Waals surface area contributed by atoms with Gasteiger partial charge in [-0.1, -0.05) is 26.3 Å². The SMILES string of the molecule is CCCNCc1ccc(COC(C)CCC)nc1. The highest BCUT2D eigenvalue weighted by molar-refractivity contribution is 5.13. The van der Waals surface area contributed by atoms with Gasteiger partial charge < -0.3 is 10.1 Å². The zero-order chi connectivity index (χ0) is 13.2. The lowest BCUT2D eigenvalue weighted by atomic mass is 10.2. The number of pyridine rings is 1. The predicted molar refractivity (Wildman–Crippen MR) is 75.4 cm³/mol. The van der Waals surface area contributed by atoms with E-state index in [9.17, 15) is 0 Å². The van der Waals surface area contributed by atoms with Gasteiger partial charge in [0, 0.05) is 12.7 Å². The van der Waals surface area contributed by atoms with Gasteiger partial charge in [-0.3, -0.25) is 4.98 Å². The summed E-state index contributed by atoms with van der Waals surface area (Å²) in [6, 6.07) is 4.18. The van der Waals surface area contributed by atoms with Crippen LogP contribution in [0.2, 0.25) is 0 Å². The van der Waals surface area contributed by atoms with Gasteiger partial charge in [-0.2, -0.15) is 0 Å². The molecule has 0 saturated carbocycles. The number of rotatable bonds is 9. The van der Waals surface area contributed by atoms with Crippen molar-refractivity contribution in [3.63, 3.8) is 0 Å². The number of nitrogens with one attached hydrogen (secondary N) is 1. The normalized spacial score (nSPS) is 12.6. The molecule has 0 spiro atoms. The average Bonchev–Trinajstić information content (AvgIpc) is 2.38. The molecule has 0 aliphatic carbocycles. The largest absolute Gasteiger partial charge is 0.372 e. The van der Waals surface area contributed by atoms with E-state index in [4.69, 9.17) is 4.74 Å². The minimum absolute atomic E-state index is 0.322. The lowest BCUT2D eigenvalue weighted by Gasteiger charge is -2.11. The van der Waals surface area contributed by atoms with Gasteiger partial charge >= 0.3 is 0 Å². The van der Waals surface area contributed by atoms with Crippen LogP contribution < -0.4 is 5.32 Å². The van der Waals surface area contributed by atoms with Gasteiger partial charge in [0.15, 0.2) is 0 Å². The lowest BCUT2D eigenvalue weighted by molar-refractivity contribution is 0.0452. The molecule has 0 bridgehead atoms. The van der Waals surface area contributed by atoms with E-state index in [-0.39, 0.29) is 0 Å². The molecular formula is C15H26N2O. The molecule has 1 aromatic heterocycles. The zero-order valence-electron chi connectivity index (χ0n) is 11.9. The van der Waals surface area contributed by atoms with Gasteiger partial charge in [0.1, 0.15) is 0 Å². The molecule has 18 heavy (non-hydrogen) atoms. The molecule has 1 unspecified atom stereocenters. The molecule has 0 aliphatic heterocycles. The van der Waals surface area contributed by atoms with Gasteiger partial charge in [-0.15, -0.1) is 0 Å². The second-order valence-corrected chi connectivity index (χ2v) is 4.74. The Morgan fingerprint density at radius 3 is 2.72 bits per heavy atom. The molecule has 1 N–H and O–H groups in total. The summed E-state index contributed by atoms with van der Waals surface area (Å²) in [6.45, 7) is 9.03. The van der Waals surface area contributed by atoms with Gasteiger partial charge in [-0.25, -0.2) is 0 Å². The highest BCUT2D eigenvalue weighted by Gasteiger charge is 2.02. The van der Waals surface area contributed by atoms with Crippen LogP contribution in [-0.2, 0) is 17.9 Å². The number of ether oxygens (including phenoxy) is 1. The van der Waals surface area contributed by atoms with Crippen molar-refractivity contribution in [1.82, 2.24) is 10.3 Å². The first-order chi connectivity index (χ1) is 8.76. The standard InChI is InChI=1S/C15H26N2O/c1-4-6-13(3)18-12-15-8-7-14(11-17-15)10-16-9-5-2/h7-8,11,13,16H,4-6,9-10,12H2,1-3H3. The maximum absolute atomic E-state index is 5.73. The van der Waals surface area contributed by atoms with E-state index in [1.165, 1.54) is 5.56 Å². The molecule has 0 radical (unpaired) electrons. The molecule has 0 fully saturated rings. The first kappa shape index (κ1) is 15.1. The van der Waals surface area contributed by atoms with Crippen LogP contribution in [-0.4, -0.2) is 17.6 Å². The molecule has 0 amide bonds. The minimum Gasteiger partial charge on any atom is -0.372 e. The van der Waals surface area contributed by atoms with Crippen LogP contribution in [0.5, 0.6) is 0 Å². The van der Waals surface area contributed by atoms with Crippen LogP contribution in [0.1, 0.15) is 51.3 Å². The fourth-order valence-electron chi connectivity index (χ4n) is 1.77. The summed E-state index contributed by atoms with van der Waals surface area (Å²) in [5, 5.41) is 3.37. The van der Waals surface area contributed by atoms with E-state index in [0.29, 0.717) is 12.7 Å². The number of hydrogen-bond acceptors (Lipinski definition) is 3. The number of hydrogen-bond donors (Lipinski definition) is 1. The van der Waals surface area contributed by atoms with E-state index in [1.54, 1.807) is 0 Å². The van der Waals surface area contributed by atoms with Crippen molar-refractivity contribution in [3.05, 3.63) is 29.6 Å². The highest BCUT2D eigenvalue weighted by atomic mass is 16.5. The van der Waals surface area contributed by atoms with Crippen molar-refractivity contribution in [2.24, 2.45) is 0 Å². The average molecular weight is 250 g/mol. The summed E-state index contributed by atoms with van der Waals surface area (Å²) < 4.78 is 5.73. The Hall–Kier alpha value is -0.930. The van der Waals surface area contributed by atoms with Crippen molar-refractivity contribution in [2.45, 2.75) is 59.3 Å². The molecule has 1 atom stereocenters. The van der Waals surface area contributed by atoms with Gasteiger partial charge in [0.2, 0.25) is 0 Å². The Morgan fingerprint density at radius 1 is 1.28 bits per heavy atom.